The maximum Gasteiger partial charge on any atom is 0.338 e. The molecule has 0 unspecified atom stereocenters. The first-order valence-electron chi connectivity index (χ1n) is 8.21. The van der Waals surface area contributed by atoms with Gasteiger partial charge in [0.2, 0.25) is 10.0 Å². The Hall–Kier alpha value is -2.53. The van der Waals surface area contributed by atoms with Crippen LogP contribution in [-0.4, -0.2) is 56.9 Å². The zero-order valence-corrected chi connectivity index (χ0v) is 16.1. The van der Waals surface area contributed by atoms with Crippen LogP contribution >= 0.6 is 0 Å². The predicted octanol–water partition coefficient (Wildman–Crippen LogP) is 0.859. The first kappa shape index (κ1) is 22.5. The number of ether oxygens (including phenoxy) is 1. The largest absolute Gasteiger partial charge is 0.452 e. The molecule has 0 saturated carbocycles. The first-order chi connectivity index (χ1) is 12.7. The van der Waals surface area contributed by atoms with E-state index in [0.717, 1.165) is 22.5 Å². The van der Waals surface area contributed by atoms with E-state index >= 15 is 0 Å². The van der Waals surface area contributed by atoms with Crippen molar-refractivity contribution in [2.45, 2.75) is 25.7 Å². The Morgan fingerprint density at radius 2 is 1.78 bits per heavy atom. The number of amides is 3. The Morgan fingerprint density at radius 3 is 2.33 bits per heavy atom. The monoisotopic (exact) mass is 403 g/mol. The summed E-state index contributed by atoms with van der Waals surface area (Å²) in [6.45, 7) is 4.67. The molecule has 0 saturated heterocycles. The quantitative estimate of drug-likeness (QED) is 0.621. The smallest absolute Gasteiger partial charge is 0.338 e. The van der Waals surface area contributed by atoms with E-state index in [1.165, 1.54) is 0 Å². The van der Waals surface area contributed by atoms with Gasteiger partial charge in [0.05, 0.1) is 5.56 Å². The minimum atomic E-state index is -4.12. The molecular formula is C16H22FN3O6S. The summed E-state index contributed by atoms with van der Waals surface area (Å²) >= 11 is 0. The lowest BCUT2D eigenvalue weighted by atomic mass is 10.2. The number of imide groups is 1. The number of nitrogens with one attached hydrogen (secondary N) is 2. The number of esters is 1. The third-order valence-corrected chi connectivity index (χ3v) is 5.48. The topological polar surface area (TPSA) is 122 Å². The molecule has 0 spiro atoms. The fourth-order valence-corrected chi connectivity index (χ4v) is 3.66. The van der Waals surface area contributed by atoms with Gasteiger partial charge < -0.3 is 10.1 Å². The van der Waals surface area contributed by atoms with Crippen LogP contribution in [0.15, 0.2) is 23.1 Å². The van der Waals surface area contributed by atoms with E-state index in [0.29, 0.717) is 6.54 Å². The maximum atomic E-state index is 14.0. The molecule has 0 radical (unpaired) electrons. The van der Waals surface area contributed by atoms with Gasteiger partial charge in [0.15, 0.2) is 6.61 Å². The van der Waals surface area contributed by atoms with Crippen molar-refractivity contribution in [2.75, 3.05) is 26.2 Å². The zero-order valence-electron chi connectivity index (χ0n) is 15.2. The van der Waals surface area contributed by atoms with Crippen molar-refractivity contribution in [1.82, 2.24) is 14.9 Å². The molecule has 9 nitrogen and oxygen atoms in total. The van der Waals surface area contributed by atoms with Crippen LogP contribution in [0.5, 0.6) is 0 Å². The van der Waals surface area contributed by atoms with Crippen LogP contribution in [0.2, 0.25) is 0 Å². The van der Waals surface area contributed by atoms with E-state index in [1.54, 1.807) is 20.8 Å². The summed E-state index contributed by atoms with van der Waals surface area (Å²) in [5.74, 6) is -2.91. The van der Waals surface area contributed by atoms with Gasteiger partial charge in [0.1, 0.15) is 10.7 Å². The molecule has 11 heteroatoms. The van der Waals surface area contributed by atoms with Crippen molar-refractivity contribution in [1.29, 1.82) is 0 Å². The molecule has 2 N–H and O–H groups in total. The van der Waals surface area contributed by atoms with Crippen LogP contribution in [0.25, 0.3) is 0 Å². The maximum absolute atomic E-state index is 14.0. The highest BCUT2D eigenvalue weighted by Gasteiger charge is 2.26. The molecule has 0 fully saturated rings. The summed E-state index contributed by atoms with van der Waals surface area (Å²) in [6, 6.07) is 1.99. The lowest BCUT2D eigenvalue weighted by Gasteiger charge is -2.19. The molecule has 1 aromatic carbocycles. The number of carbonyl (C=O) groups excluding carboxylic acids is 3. The van der Waals surface area contributed by atoms with Crippen molar-refractivity contribution >= 4 is 27.9 Å². The lowest BCUT2D eigenvalue weighted by Crippen LogP contribution is -2.41. The van der Waals surface area contributed by atoms with E-state index < -0.39 is 45.3 Å². The van der Waals surface area contributed by atoms with E-state index in [1.807, 2.05) is 5.32 Å². The molecule has 0 aliphatic rings. The van der Waals surface area contributed by atoms with Crippen LogP contribution in [-0.2, 0) is 19.6 Å². The van der Waals surface area contributed by atoms with E-state index in [2.05, 4.69) is 5.32 Å². The van der Waals surface area contributed by atoms with Crippen molar-refractivity contribution < 1.29 is 31.9 Å². The molecule has 0 bridgehead atoms. The molecule has 1 rings (SSSR count). The van der Waals surface area contributed by atoms with Crippen LogP contribution < -0.4 is 10.6 Å². The summed E-state index contributed by atoms with van der Waals surface area (Å²) in [6.07, 6.45) is 0. The molecule has 0 heterocycles. The van der Waals surface area contributed by atoms with Gasteiger partial charge in [0, 0.05) is 19.6 Å². The van der Waals surface area contributed by atoms with Gasteiger partial charge in [-0.2, -0.15) is 4.31 Å². The molecule has 1 aromatic rings. The molecule has 0 aliphatic heterocycles. The molecule has 27 heavy (non-hydrogen) atoms. The van der Waals surface area contributed by atoms with Crippen LogP contribution in [0.1, 0.15) is 31.1 Å². The van der Waals surface area contributed by atoms with Gasteiger partial charge in [-0.15, -0.1) is 0 Å². The Morgan fingerprint density at radius 1 is 1.15 bits per heavy atom. The highest BCUT2D eigenvalue weighted by atomic mass is 32.2. The number of urea groups is 1. The normalized spacial score (nSPS) is 11.1. The van der Waals surface area contributed by atoms with Crippen molar-refractivity contribution in [2.24, 2.45) is 0 Å². The number of carbonyl (C=O) groups is 3. The standard InChI is InChI=1S/C16H22FN3O6S/c1-4-18-16(23)19-14(21)10-26-15(22)11-7-8-12(17)13(9-11)27(24,25)20(5-2)6-3/h7-9H,4-6,10H2,1-3H3,(H2,18,19,21,23). The summed E-state index contributed by atoms with van der Waals surface area (Å²) < 4.78 is 44.7. The minimum absolute atomic E-state index is 0.132. The third-order valence-electron chi connectivity index (χ3n) is 3.41. The van der Waals surface area contributed by atoms with Crippen LogP contribution in [0.4, 0.5) is 9.18 Å². The van der Waals surface area contributed by atoms with Crippen molar-refractivity contribution in [3.8, 4) is 0 Å². The number of benzene rings is 1. The second-order valence-corrected chi connectivity index (χ2v) is 7.12. The van der Waals surface area contributed by atoms with Gasteiger partial charge in [-0.05, 0) is 25.1 Å². The highest BCUT2D eigenvalue weighted by molar-refractivity contribution is 7.89. The van der Waals surface area contributed by atoms with E-state index in [4.69, 9.17) is 4.74 Å². The van der Waals surface area contributed by atoms with Crippen LogP contribution in [0, 0.1) is 5.82 Å². The summed E-state index contributed by atoms with van der Waals surface area (Å²) in [5, 5.41) is 4.26. The number of nitrogens with zero attached hydrogens (tertiary/aromatic N) is 1. The number of rotatable bonds is 8. The molecule has 0 aromatic heterocycles. The average molecular weight is 403 g/mol. The SMILES string of the molecule is CCNC(=O)NC(=O)COC(=O)c1ccc(F)c(S(=O)(=O)N(CC)CC)c1. The van der Waals surface area contributed by atoms with Crippen molar-refractivity contribution in [3.63, 3.8) is 0 Å². The second kappa shape index (κ2) is 9.97. The third kappa shape index (κ3) is 6.00. The Balaban J connectivity index is 2.91. The first-order valence-corrected chi connectivity index (χ1v) is 9.65. The number of hydrogen-bond acceptors (Lipinski definition) is 6. The Kier molecular flexibility index (Phi) is 8.32. The fraction of sp³-hybridized carbons (Fsp3) is 0.438. The van der Waals surface area contributed by atoms with E-state index in [9.17, 15) is 27.2 Å². The molecule has 0 atom stereocenters. The minimum Gasteiger partial charge on any atom is -0.452 e. The van der Waals surface area contributed by atoms with Crippen LogP contribution in [0.3, 0.4) is 0 Å². The Bertz CT molecular complexity index is 808. The van der Waals surface area contributed by atoms with E-state index in [-0.39, 0.29) is 18.7 Å². The Labute approximate surface area is 156 Å². The molecule has 3 amide bonds. The van der Waals surface area contributed by atoms with Gasteiger partial charge in [0.25, 0.3) is 5.91 Å². The molecular weight excluding hydrogens is 381 g/mol. The number of hydrogen-bond donors (Lipinski definition) is 2. The average Bonchev–Trinajstić information content (AvgIpc) is 2.60. The van der Waals surface area contributed by atoms with Gasteiger partial charge in [-0.25, -0.2) is 22.4 Å². The zero-order chi connectivity index (χ0) is 20.6. The number of sulfonamides is 1. The molecule has 0 aliphatic carbocycles. The summed E-state index contributed by atoms with van der Waals surface area (Å²) in [7, 11) is -4.12. The second-order valence-electron chi connectivity index (χ2n) is 5.22. The number of halogens is 1. The van der Waals surface area contributed by atoms with Gasteiger partial charge >= 0.3 is 12.0 Å². The summed E-state index contributed by atoms with van der Waals surface area (Å²) in [4.78, 5) is 34.1. The van der Waals surface area contributed by atoms with Gasteiger partial charge in [-0.1, -0.05) is 13.8 Å². The fourth-order valence-electron chi connectivity index (χ4n) is 2.11. The highest BCUT2D eigenvalue weighted by Crippen LogP contribution is 2.21. The van der Waals surface area contributed by atoms with Gasteiger partial charge in [-0.3, -0.25) is 10.1 Å². The summed E-state index contributed by atoms with van der Waals surface area (Å²) in [5.41, 5.74) is -0.243. The van der Waals surface area contributed by atoms with Crippen molar-refractivity contribution in [3.05, 3.63) is 29.6 Å². The molecule has 150 valence electrons. The predicted molar refractivity (Wildman–Crippen MR) is 94.0 cm³/mol. The lowest BCUT2D eigenvalue weighted by molar-refractivity contribution is -0.123.